The summed E-state index contributed by atoms with van der Waals surface area (Å²) in [7, 11) is 1.24. The Balaban J connectivity index is 1.31. The monoisotopic (exact) mass is 615 g/mol. The zero-order valence-corrected chi connectivity index (χ0v) is 25.7. The summed E-state index contributed by atoms with van der Waals surface area (Å²) >= 11 is 0. The molecule has 1 saturated heterocycles. The Morgan fingerprint density at radius 3 is 2.09 bits per heavy atom. The largest absolute Gasteiger partial charge is 0.474 e. The number of carbonyl (C=O) groups is 4. The molecule has 2 aromatic carbocycles. The molecule has 6 rings (SSSR count). The second-order valence-electron chi connectivity index (χ2n) is 12.9. The lowest BCUT2D eigenvalue weighted by Crippen LogP contribution is -2.47. The van der Waals surface area contributed by atoms with Crippen LogP contribution in [0.2, 0.25) is 0 Å². The van der Waals surface area contributed by atoms with Crippen LogP contribution in [-0.4, -0.2) is 77.1 Å². The van der Waals surface area contributed by atoms with Crippen LogP contribution in [0.4, 0.5) is 9.18 Å². The quantitative estimate of drug-likeness (QED) is 0.274. The van der Waals surface area contributed by atoms with Crippen molar-refractivity contribution in [2.24, 2.45) is 11.8 Å². The van der Waals surface area contributed by atoms with Gasteiger partial charge in [0.1, 0.15) is 22.9 Å². The van der Waals surface area contributed by atoms with E-state index in [9.17, 15) is 23.6 Å². The number of piperidine rings is 1. The van der Waals surface area contributed by atoms with Crippen LogP contribution in [0, 0.1) is 17.7 Å². The molecule has 1 aromatic heterocycles. The van der Waals surface area contributed by atoms with E-state index in [2.05, 4.69) is 4.98 Å². The summed E-state index contributed by atoms with van der Waals surface area (Å²) in [4.78, 5) is 60.0. The molecule has 3 amide bonds. The van der Waals surface area contributed by atoms with Crippen LogP contribution in [0.15, 0.2) is 60.7 Å². The van der Waals surface area contributed by atoms with Crippen LogP contribution < -0.4 is 4.74 Å². The van der Waals surface area contributed by atoms with Crippen molar-refractivity contribution in [3.63, 3.8) is 0 Å². The Labute approximate surface area is 260 Å². The van der Waals surface area contributed by atoms with Gasteiger partial charge in [0, 0.05) is 43.1 Å². The van der Waals surface area contributed by atoms with Gasteiger partial charge in [-0.15, -0.1) is 0 Å². The second-order valence-corrected chi connectivity index (χ2v) is 12.9. The Morgan fingerprint density at radius 2 is 1.53 bits per heavy atom. The molecule has 234 valence electrons. The number of imide groups is 1. The maximum atomic E-state index is 13.8. The van der Waals surface area contributed by atoms with E-state index < -0.39 is 34.6 Å². The first-order valence-corrected chi connectivity index (χ1v) is 14.8. The molecule has 11 heteroatoms. The lowest BCUT2D eigenvalue weighted by molar-refractivity contribution is -0.147. The summed E-state index contributed by atoms with van der Waals surface area (Å²) in [5, 5.41) is 0. The van der Waals surface area contributed by atoms with Crippen LogP contribution in [0.5, 0.6) is 5.88 Å². The SMILES string of the molecule is COC(=O)C(C)(CN1C(=O)c2ccccc2C1=O)c1cc(OC2C3CN(C(=O)OC(C)(C)C)CC32)nc(-c2ccc(F)cc2)c1. The number of pyridine rings is 1. The molecule has 2 aliphatic heterocycles. The lowest BCUT2D eigenvalue weighted by Gasteiger charge is -2.31. The number of benzene rings is 2. The zero-order chi connectivity index (χ0) is 32.3. The number of carbonyl (C=O) groups excluding carboxylic acids is 4. The molecule has 3 unspecified atom stereocenters. The number of aromatic nitrogens is 1. The Bertz CT molecular complexity index is 1660. The fourth-order valence-corrected chi connectivity index (χ4v) is 6.11. The van der Waals surface area contributed by atoms with Crippen molar-refractivity contribution in [3.05, 3.63) is 83.2 Å². The third-order valence-electron chi connectivity index (χ3n) is 8.59. The molecule has 0 bridgehead atoms. The number of likely N-dealkylation sites (tertiary alicyclic amines) is 1. The van der Waals surface area contributed by atoms with Gasteiger partial charge in [0.05, 0.1) is 23.9 Å². The first-order valence-electron chi connectivity index (χ1n) is 14.8. The van der Waals surface area contributed by atoms with Gasteiger partial charge in [-0.05, 0) is 75.7 Å². The van der Waals surface area contributed by atoms with Crippen molar-refractivity contribution in [2.75, 3.05) is 26.7 Å². The van der Waals surface area contributed by atoms with Gasteiger partial charge in [-0.3, -0.25) is 19.3 Å². The number of hydrogen-bond donors (Lipinski definition) is 0. The summed E-state index contributed by atoms with van der Waals surface area (Å²) in [6.07, 6.45) is -0.581. The van der Waals surface area contributed by atoms with Crippen molar-refractivity contribution >= 4 is 23.9 Å². The van der Waals surface area contributed by atoms with Crippen molar-refractivity contribution in [3.8, 4) is 17.1 Å². The molecule has 0 radical (unpaired) electrons. The van der Waals surface area contributed by atoms with Gasteiger partial charge in [-0.25, -0.2) is 14.2 Å². The average Bonchev–Trinajstić information content (AvgIpc) is 3.31. The highest BCUT2D eigenvalue weighted by atomic mass is 19.1. The fraction of sp³-hybridized carbons (Fsp3) is 0.382. The van der Waals surface area contributed by atoms with E-state index in [0.717, 1.165) is 4.90 Å². The van der Waals surface area contributed by atoms with E-state index in [1.54, 1.807) is 60.4 Å². The first-order chi connectivity index (χ1) is 21.3. The van der Waals surface area contributed by atoms with Crippen LogP contribution in [-0.2, 0) is 19.7 Å². The smallest absolute Gasteiger partial charge is 0.410 e. The van der Waals surface area contributed by atoms with E-state index in [1.807, 2.05) is 20.8 Å². The molecule has 0 spiro atoms. The highest BCUT2D eigenvalue weighted by Gasteiger charge is 2.59. The maximum absolute atomic E-state index is 13.8. The minimum Gasteiger partial charge on any atom is -0.474 e. The molecule has 3 aliphatic rings. The lowest BCUT2D eigenvalue weighted by atomic mass is 9.81. The number of fused-ring (bicyclic) bond motifs is 2. The predicted octanol–water partition coefficient (Wildman–Crippen LogP) is 4.86. The Morgan fingerprint density at radius 1 is 0.933 bits per heavy atom. The normalized spacial score (nSPS) is 21.6. The molecular weight excluding hydrogens is 581 g/mol. The number of methoxy groups -OCH3 is 1. The number of rotatable bonds is 7. The van der Waals surface area contributed by atoms with E-state index in [1.165, 1.54) is 19.2 Å². The maximum Gasteiger partial charge on any atom is 0.410 e. The third kappa shape index (κ3) is 5.63. The van der Waals surface area contributed by atoms with Gasteiger partial charge in [-0.1, -0.05) is 12.1 Å². The van der Waals surface area contributed by atoms with Crippen molar-refractivity contribution in [2.45, 2.75) is 44.8 Å². The number of hydrogen-bond acceptors (Lipinski definition) is 8. The van der Waals surface area contributed by atoms with E-state index >= 15 is 0 Å². The third-order valence-corrected chi connectivity index (χ3v) is 8.59. The molecule has 3 heterocycles. The Kier molecular flexibility index (Phi) is 7.37. The number of ether oxygens (including phenoxy) is 3. The fourth-order valence-electron chi connectivity index (χ4n) is 6.11. The standard InChI is InChI=1S/C34H34FN3O7/c1-33(2,3)45-32(42)37-16-24-25(17-37)28(24)44-27-15-20(14-26(36-27)19-10-12-21(35)13-11-19)34(4,31(41)43-5)18-38-29(39)22-8-6-7-9-23(22)30(38)40/h6-15,24-25,28H,16-18H2,1-5H3. The van der Waals surface area contributed by atoms with Crippen LogP contribution in [0.1, 0.15) is 54.0 Å². The van der Waals surface area contributed by atoms with E-state index in [0.29, 0.717) is 29.9 Å². The molecule has 1 saturated carbocycles. The first kappa shape index (κ1) is 30.2. The topological polar surface area (TPSA) is 115 Å². The van der Waals surface area contributed by atoms with Crippen molar-refractivity contribution in [1.29, 1.82) is 0 Å². The van der Waals surface area contributed by atoms with Gasteiger partial charge in [0.25, 0.3) is 11.8 Å². The highest BCUT2D eigenvalue weighted by molar-refractivity contribution is 6.21. The summed E-state index contributed by atoms with van der Waals surface area (Å²) in [5.74, 6) is -1.71. The van der Waals surface area contributed by atoms with Crippen LogP contribution in [0.25, 0.3) is 11.3 Å². The van der Waals surface area contributed by atoms with E-state index in [-0.39, 0.29) is 47.6 Å². The predicted molar refractivity (Wildman–Crippen MR) is 160 cm³/mol. The van der Waals surface area contributed by atoms with E-state index in [4.69, 9.17) is 14.2 Å². The highest BCUT2D eigenvalue weighted by Crippen LogP contribution is 2.48. The molecule has 2 fully saturated rings. The number of esters is 1. The van der Waals surface area contributed by atoms with Gasteiger partial charge < -0.3 is 19.1 Å². The molecule has 10 nitrogen and oxygen atoms in total. The second kappa shape index (κ2) is 11.0. The molecule has 3 aromatic rings. The molecule has 1 aliphatic carbocycles. The van der Waals surface area contributed by atoms with Gasteiger partial charge in [0.15, 0.2) is 0 Å². The Hall–Kier alpha value is -4.80. The molecule has 0 N–H and O–H groups in total. The summed E-state index contributed by atoms with van der Waals surface area (Å²) in [6.45, 7) is 7.73. The van der Waals surface area contributed by atoms with Gasteiger partial charge in [-0.2, -0.15) is 0 Å². The van der Waals surface area contributed by atoms with Crippen LogP contribution in [0.3, 0.4) is 0 Å². The van der Waals surface area contributed by atoms with Crippen molar-refractivity contribution < 1.29 is 37.8 Å². The zero-order valence-electron chi connectivity index (χ0n) is 25.7. The molecule has 3 atom stereocenters. The van der Waals surface area contributed by atoms with Crippen LogP contribution >= 0.6 is 0 Å². The minimum atomic E-state index is -1.51. The van der Waals surface area contributed by atoms with Gasteiger partial charge in [0.2, 0.25) is 5.88 Å². The van der Waals surface area contributed by atoms with Crippen molar-refractivity contribution in [1.82, 2.24) is 14.8 Å². The molecule has 45 heavy (non-hydrogen) atoms. The number of halogens is 1. The molecular formula is C34H34FN3O7. The summed E-state index contributed by atoms with van der Waals surface area (Å²) in [6, 6.07) is 15.5. The number of amides is 3. The van der Waals surface area contributed by atoms with Gasteiger partial charge >= 0.3 is 12.1 Å². The average molecular weight is 616 g/mol. The summed E-state index contributed by atoms with van der Waals surface area (Å²) < 4.78 is 30.9. The number of nitrogens with zero attached hydrogens (tertiary/aromatic N) is 3. The minimum absolute atomic E-state index is 0.0857. The summed E-state index contributed by atoms with van der Waals surface area (Å²) in [5.41, 5.74) is -0.200.